The number of nitrogens with two attached hydrogens (primary N) is 1. The molecule has 1 aromatic heterocycles. The van der Waals surface area contributed by atoms with Crippen LogP contribution >= 0.6 is 11.6 Å². The van der Waals surface area contributed by atoms with Crippen LogP contribution in [0, 0.1) is 0 Å². The first kappa shape index (κ1) is 14.2. The molecule has 3 rings (SSSR count). The van der Waals surface area contributed by atoms with Gasteiger partial charge < -0.3 is 19.7 Å². The van der Waals surface area contributed by atoms with Gasteiger partial charge in [-0.2, -0.15) is 4.98 Å². The number of fused-ring (bicyclic) bond motifs is 1. The Morgan fingerprint density at radius 2 is 2.00 bits per heavy atom. The summed E-state index contributed by atoms with van der Waals surface area (Å²) in [5.74, 6) is 2.28. The molecule has 1 aromatic carbocycles. The maximum Gasteiger partial charge on any atom is 0.229 e. The van der Waals surface area contributed by atoms with Gasteiger partial charge in [-0.25, -0.2) is 0 Å². The van der Waals surface area contributed by atoms with Gasteiger partial charge in [0, 0.05) is 5.92 Å². The Hall–Kier alpha value is -1.79. The van der Waals surface area contributed by atoms with E-state index in [2.05, 4.69) is 10.1 Å². The van der Waals surface area contributed by atoms with Crippen molar-refractivity contribution in [1.82, 2.24) is 10.1 Å². The standard InChI is InChI=1S/C14H16ClN3O3/c1-7(2)14-17-13(18-21-14)11(16)8-5-9(15)12-10(6-8)19-3-4-20-12/h5-7,11H,3-4,16H2,1-2H3. The van der Waals surface area contributed by atoms with E-state index >= 15 is 0 Å². The van der Waals surface area contributed by atoms with E-state index in [4.69, 9.17) is 31.3 Å². The lowest BCUT2D eigenvalue weighted by atomic mass is 10.1. The van der Waals surface area contributed by atoms with Gasteiger partial charge in [0.2, 0.25) is 5.89 Å². The third kappa shape index (κ3) is 2.69. The first-order chi connectivity index (χ1) is 10.1. The Balaban J connectivity index is 1.93. The Kier molecular flexibility index (Phi) is 3.73. The van der Waals surface area contributed by atoms with Crippen LogP contribution in [0.5, 0.6) is 11.5 Å². The highest BCUT2D eigenvalue weighted by Gasteiger charge is 2.22. The van der Waals surface area contributed by atoms with E-state index in [0.717, 1.165) is 5.56 Å². The minimum absolute atomic E-state index is 0.155. The fraction of sp³-hybridized carbons (Fsp3) is 0.429. The minimum atomic E-state index is -0.533. The molecule has 1 aliphatic rings. The van der Waals surface area contributed by atoms with Gasteiger partial charge in [0.25, 0.3) is 0 Å². The van der Waals surface area contributed by atoms with Gasteiger partial charge in [0.05, 0.1) is 11.1 Å². The van der Waals surface area contributed by atoms with Crippen LogP contribution in [0.15, 0.2) is 16.7 Å². The largest absolute Gasteiger partial charge is 0.486 e. The second-order valence-corrected chi connectivity index (χ2v) is 5.56. The van der Waals surface area contributed by atoms with E-state index in [1.165, 1.54) is 0 Å². The van der Waals surface area contributed by atoms with Crippen molar-refractivity contribution < 1.29 is 14.0 Å². The average Bonchev–Trinajstić information content (AvgIpc) is 2.96. The van der Waals surface area contributed by atoms with E-state index in [1.54, 1.807) is 12.1 Å². The molecule has 2 N–H and O–H groups in total. The summed E-state index contributed by atoms with van der Waals surface area (Å²) in [6.07, 6.45) is 0. The van der Waals surface area contributed by atoms with Crippen molar-refractivity contribution >= 4 is 11.6 Å². The first-order valence-electron chi connectivity index (χ1n) is 6.74. The Bertz CT molecular complexity index is 657. The fourth-order valence-electron chi connectivity index (χ4n) is 2.07. The lowest BCUT2D eigenvalue weighted by Gasteiger charge is -2.21. The second kappa shape index (κ2) is 5.54. The molecule has 21 heavy (non-hydrogen) atoms. The fourth-order valence-corrected chi connectivity index (χ4v) is 2.34. The summed E-state index contributed by atoms with van der Waals surface area (Å²) in [6.45, 7) is 4.93. The van der Waals surface area contributed by atoms with Crippen molar-refractivity contribution in [3.8, 4) is 11.5 Å². The summed E-state index contributed by atoms with van der Waals surface area (Å²) in [5.41, 5.74) is 6.94. The van der Waals surface area contributed by atoms with Crippen molar-refractivity contribution in [2.75, 3.05) is 13.2 Å². The lowest BCUT2D eigenvalue weighted by molar-refractivity contribution is 0.171. The second-order valence-electron chi connectivity index (χ2n) is 5.15. The first-order valence-corrected chi connectivity index (χ1v) is 7.12. The third-order valence-corrected chi connectivity index (χ3v) is 3.49. The zero-order valence-electron chi connectivity index (χ0n) is 11.8. The van der Waals surface area contributed by atoms with Crippen molar-refractivity contribution in [3.63, 3.8) is 0 Å². The summed E-state index contributed by atoms with van der Waals surface area (Å²) in [7, 11) is 0. The van der Waals surface area contributed by atoms with Crippen molar-refractivity contribution in [2.45, 2.75) is 25.8 Å². The van der Waals surface area contributed by atoms with Gasteiger partial charge in [0.1, 0.15) is 13.2 Å². The van der Waals surface area contributed by atoms with Crippen LogP contribution in [-0.2, 0) is 0 Å². The maximum absolute atomic E-state index is 6.21. The molecule has 112 valence electrons. The summed E-state index contributed by atoms with van der Waals surface area (Å²) < 4.78 is 16.2. The Morgan fingerprint density at radius 1 is 1.24 bits per heavy atom. The van der Waals surface area contributed by atoms with Crippen LogP contribution in [0.1, 0.15) is 43.1 Å². The normalized spacial score (nSPS) is 15.3. The highest BCUT2D eigenvalue weighted by Crippen LogP contribution is 2.40. The summed E-state index contributed by atoms with van der Waals surface area (Å²) >= 11 is 6.21. The lowest BCUT2D eigenvalue weighted by Crippen LogP contribution is -2.18. The van der Waals surface area contributed by atoms with Crippen LogP contribution in [0.4, 0.5) is 0 Å². The SMILES string of the molecule is CC(C)c1nc(C(N)c2cc(Cl)c3c(c2)OCCO3)no1. The molecule has 0 spiro atoms. The molecule has 1 unspecified atom stereocenters. The molecule has 0 radical (unpaired) electrons. The molecular weight excluding hydrogens is 294 g/mol. The van der Waals surface area contributed by atoms with Crippen molar-refractivity contribution in [1.29, 1.82) is 0 Å². The molecule has 2 aromatic rings. The van der Waals surface area contributed by atoms with E-state index < -0.39 is 6.04 Å². The molecule has 2 heterocycles. The van der Waals surface area contributed by atoms with Crippen LogP contribution in [0.3, 0.4) is 0 Å². The molecular formula is C14H16ClN3O3. The number of nitrogens with zero attached hydrogens (tertiary/aromatic N) is 2. The van der Waals surface area contributed by atoms with Gasteiger partial charge >= 0.3 is 0 Å². The van der Waals surface area contributed by atoms with E-state index in [0.29, 0.717) is 41.5 Å². The zero-order chi connectivity index (χ0) is 15.0. The minimum Gasteiger partial charge on any atom is -0.486 e. The molecule has 0 bridgehead atoms. The van der Waals surface area contributed by atoms with Crippen LogP contribution in [0.25, 0.3) is 0 Å². The monoisotopic (exact) mass is 309 g/mol. The van der Waals surface area contributed by atoms with E-state index in [1.807, 2.05) is 13.8 Å². The smallest absolute Gasteiger partial charge is 0.229 e. The molecule has 1 aliphatic heterocycles. The maximum atomic E-state index is 6.21. The number of hydrogen-bond acceptors (Lipinski definition) is 6. The molecule has 6 nitrogen and oxygen atoms in total. The molecule has 1 atom stereocenters. The number of ether oxygens (including phenoxy) is 2. The highest BCUT2D eigenvalue weighted by molar-refractivity contribution is 6.32. The topological polar surface area (TPSA) is 83.4 Å². The van der Waals surface area contributed by atoms with E-state index in [-0.39, 0.29) is 5.92 Å². The quantitative estimate of drug-likeness (QED) is 0.938. The van der Waals surface area contributed by atoms with Gasteiger partial charge in [-0.1, -0.05) is 30.6 Å². The molecule has 7 heteroatoms. The van der Waals surface area contributed by atoms with Crippen molar-refractivity contribution in [3.05, 3.63) is 34.4 Å². The number of rotatable bonds is 3. The average molecular weight is 310 g/mol. The van der Waals surface area contributed by atoms with Gasteiger partial charge in [-0.05, 0) is 17.7 Å². The molecule has 0 saturated heterocycles. The Morgan fingerprint density at radius 3 is 2.71 bits per heavy atom. The number of hydrogen-bond donors (Lipinski definition) is 1. The molecule has 0 aliphatic carbocycles. The summed E-state index contributed by atoms with van der Waals surface area (Å²) in [4.78, 5) is 4.31. The molecule has 0 fully saturated rings. The predicted octanol–water partition coefficient (Wildman–Crippen LogP) is 2.67. The number of benzene rings is 1. The molecule has 0 amide bonds. The third-order valence-electron chi connectivity index (χ3n) is 3.21. The van der Waals surface area contributed by atoms with Crippen LogP contribution in [0.2, 0.25) is 5.02 Å². The Labute approximate surface area is 127 Å². The predicted molar refractivity (Wildman–Crippen MR) is 76.9 cm³/mol. The van der Waals surface area contributed by atoms with Gasteiger partial charge in [-0.3, -0.25) is 0 Å². The van der Waals surface area contributed by atoms with Gasteiger partial charge in [0.15, 0.2) is 17.3 Å². The number of halogens is 1. The molecule has 0 saturated carbocycles. The van der Waals surface area contributed by atoms with Crippen LogP contribution < -0.4 is 15.2 Å². The summed E-state index contributed by atoms with van der Waals surface area (Å²) in [6, 6.07) is 3.01. The van der Waals surface area contributed by atoms with E-state index in [9.17, 15) is 0 Å². The highest BCUT2D eigenvalue weighted by atomic mass is 35.5. The number of aromatic nitrogens is 2. The summed E-state index contributed by atoms with van der Waals surface area (Å²) in [5, 5.41) is 4.39. The van der Waals surface area contributed by atoms with Crippen molar-refractivity contribution in [2.24, 2.45) is 5.73 Å². The van der Waals surface area contributed by atoms with Gasteiger partial charge in [-0.15, -0.1) is 0 Å². The van der Waals surface area contributed by atoms with Crippen LogP contribution in [-0.4, -0.2) is 23.4 Å². The zero-order valence-corrected chi connectivity index (χ0v) is 12.6.